The largest absolute Gasteiger partial charge is 0.497 e. The molecular formula is C20H17ClN2O4. The zero-order valence-electron chi connectivity index (χ0n) is 14.6. The van der Waals surface area contributed by atoms with Crippen molar-refractivity contribution in [3.05, 3.63) is 65.3 Å². The third-order valence-corrected chi connectivity index (χ3v) is 4.27. The molecule has 0 aliphatic carbocycles. The highest BCUT2D eigenvalue weighted by Gasteiger charge is 2.17. The van der Waals surface area contributed by atoms with Gasteiger partial charge in [-0.1, -0.05) is 23.7 Å². The maximum absolute atomic E-state index is 12.4. The SMILES string of the molecule is COc1ccc(-n2nc(C(=O)CCC(=O)O)cc2-c2ccc(Cl)cc2)cc1. The zero-order valence-corrected chi connectivity index (χ0v) is 15.3. The number of benzene rings is 2. The Bertz CT molecular complexity index is 963. The Hall–Kier alpha value is -3.12. The number of methoxy groups -OCH3 is 1. The van der Waals surface area contributed by atoms with Crippen molar-refractivity contribution in [2.24, 2.45) is 0 Å². The average Bonchev–Trinajstić information content (AvgIpc) is 3.12. The number of carbonyl (C=O) groups is 2. The van der Waals surface area contributed by atoms with E-state index in [9.17, 15) is 9.59 Å². The Morgan fingerprint density at radius 1 is 1.07 bits per heavy atom. The highest BCUT2D eigenvalue weighted by Crippen LogP contribution is 2.27. The molecule has 2 aromatic carbocycles. The fourth-order valence-corrected chi connectivity index (χ4v) is 2.74. The first kappa shape index (κ1) is 18.7. The van der Waals surface area contributed by atoms with E-state index in [2.05, 4.69) is 5.10 Å². The topological polar surface area (TPSA) is 81.4 Å². The molecule has 0 aliphatic heterocycles. The number of carboxylic acids is 1. The predicted octanol–water partition coefficient (Wildman–Crippen LogP) is 4.25. The van der Waals surface area contributed by atoms with Crippen molar-refractivity contribution in [2.45, 2.75) is 12.8 Å². The molecule has 0 atom stereocenters. The van der Waals surface area contributed by atoms with E-state index in [1.807, 2.05) is 24.3 Å². The Morgan fingerprint density at radius 3 is 2.33 bits per heavy atom. The van der Waals surface area contributed by atoms with E-state index in [0.29, 0.717) is 16.5 Å². The van der Waals surface area contributed by atoms with Gasteiger partial charge in [0.1, 0.15) is 11.4 Å². The molecular weight excluding hydrogens is 368 g/mol. The van der Waals surface area contributed by atoms with Crippen LogP contribution >= 0.6 is 11.6 Å². The third-order valence-electron chi connectivity index (χ3n) is 4.02. The fraction of sp³-hybridized carbons (Fsp3) is 0.150. The molecule has 0 bridgehead atoms. The van der Waals surface area contributed by atoms with Gasteiger partial charge >= 0.3 is 5.97 Å². The number of carboxylic acid groups (broad SMARTS) is 1. The highest BCUT2D eigenvalue weighted by atomic mass is 35.5. The van der Waals surface area contributed by atoms with Crippen LogP contribution in [-0.4, -0.2) is 33.7 Å². The van der Waals surface area contributed by atoms with Crippen molar-refractivity contribution in [1.82, 2.24) is 9.78 Å². The summed E-state index contributed by atoms with van der Waals surface area (Å²) in [6, 6.07) is 16.1. The fourth-order valence-electron chi connectivity index (χ4n) is 2.61. The third kappa shape index (κ3) is 4.35. The molecule has 7 heteroatoms. The number of Topliss-reactive ketones (excluding diaryl/α,β-unsaturated/α-hetero) is 1. The van der Waals surface area contributed by atoms with Gasteiger partial charge in [0.15, 0.2) is 5.78 Å². The maximum Gasteiger partial charge on any atom is 0.303 e. The van der Waals surface area contributed by atoms with E-state index < -0.39 is 5.97 Å². The second-order valence-corrected chi connectivity index (χ2v) is 6.28. The van der Waals surface area contributed by atoms with Gasteiger partial charge in [-0.3, -0.25) is 9.59 Å². The van der Waals surface area contributed by atoms with Crippen LogP contribution in [0, 0.1) is 0 Å². The lowest BCUT2D eigenvalue weighted by atomic mass is 10.1. The summed E-state index contributed by atoms with van der Waals surface area (Å²) < 4.78 is 6.83. The van der Waals surface area contributed by atoms with Crippen LogP contribution in [-0.2, 0) is 4.79 Å². The number of aliphatic carboxylic acids is 1. The summed E-state index contributed by atoms with van der Waals surface area (Å²) in [4.78, 5) is 23.1. The van der Waals surface area contributed by atoms with Crippen LogP contribution in [0.1, 0.15) is 23.3 Å². The number of hydrogen-bond acceptors (Lipinski definition) is 4. The summed E-state index contributed by atoms with van der Waals surface area (Å²) in [7, 11) is 1.58. The number of nitrogens with zero attached hydrogens (tertiary/aromatic N) is 2. The van der Waals surface area contributed by atoms with E-state index in [1.165, 1.54) is 0 Å². The lowest BCUT2D eigenvalue weighted by molar-refractivity contribution is -0.136. The molecule has 1 heterocycles. The molecule has 0 saturated heterocycles. The number of halogens is 1. The van der Waals surface area contributed by atoms with E-state index >= 15 is 0 Å². The number of ketones is 1. The van der Waals surface area contributed by atoms with Crippen molar-refractivity contribution in [2.75, 3.05) is 7.11 Å². The van der Waals surface area contributed by atoms with E-state index in [0.717, 1.165) is 11.3 Å². The first-order chi connectivity index (χ1) is 13.0. The van der Waals surface area contributed by atoms with Gasteiger partial charge in [-0.25, -0.2) is 4.68 Å². The van der Waals surface area contributed by atoms with Crippen LogP contribution < -0.4 is 4.74 Å². The molecule has 27 heavy (non-hydrogen) atoms. The molecule has 138 valence electrons. The van der Waals surface area contributed by atoms with Crippen LogP contribution in [0.3, 0.4) is 0 Å². The van der Waals surface area contributed by atoms with Crippen molar-refractivity contribution in [1.29, 1.82) is 0 Å². The molecule has 0 unspecified atom stereocenters. The summed E-state index contributed by atoms with van der Waals surface area (Å²) >= 11 is 5.97. The molecule has 0 radical (unpaired) electrons. The van der Waals surface area contributed by atoms with Gasteiger partial charge in [-0.2, -0.15) is 5.10 Å². The van der Waals surface area contributed by atoms with Gasteiger partial charge in [0.25, 0.3) is 0 Å². The Balaban J connectivity index is 2.04. The smallest absolute Gasteiger partial charge is 0.303 e. The number of ether oxygens (including phenoxy) is 1. The first-order valence-corrected chi connectivity index (χ1v) is 8.61. The summed E-state index contributed by atoms with van der Waals surface area (Å²) in [5, 5.41) is 13.8. The average molecular weight is 385 g/mol. The lowest BCUT2D eigenvalue weighted by Gasteiger charge is -2.08. The maximum atomic E-state index is 12.4. The van der Waals surface area contributed by atoms with Gasteiger partial charge < -0.3 is 9.84 Å². The van der Waals surface area contributed by atoms with Crippen LogP contribution in [0.4, 0.5) is 0 Å². The number of carbonyl (C=O) groups excluding carboxylic acids is 1. The minimum absolute atomic E-state index is 0.102. The monoisotopic (exact) mass is 384 g/mol. The van der Waals surface area contributed by atoms with Gasteiger partial charge in [0.05, 0.1) is 24.9 Å². The standard InChI is InChI=1S/C20H17ClN2O4/c1-27-16-8-6-15(7-9-16)23-18(13-2-4-14(21)5-3-13)12-17(22-23)19(24)10-11-20(25)26/h2-9,12H,10-11H2,1H3,(H,25,26). The summed E-state index contributed by atoms with van der Waals surface area (Å²) in [5.41, 5.74) is 2.51. The van der Waals surface area contributed by atoms with Gasteiger partial charge in [-0.15, -0.1) is 0 Å². The number of aromatic nitrogens is 2. The summed E-state index contributed by atoms with van der Waals surface area (Å²) in [6.07, 6.45) is -0.334. The van der Waals surface area contributed by atoms with Gasteiger partial charge in [0, 0.05) is 17.0 Å². The Labute approximate surface area is 161 Å². The lowest BCUT2D eigenvalue weighted by Crippen LogP contribution is -2.06. The number of rotatable bonds is 7. The molecule has 3 rings (SSSR count). The van der Waals surface area contributed by atoms with Crippen LogP contribution in [0.5, 0.6) is 5.75 Å². The molecule has 0 spiro atoms. The molecule has 1 aromatic heterocycles. The van der Waals surface area contributed by atoms with Crippen molar-refractivity contribution in [3.63, 3.8) is 0 Å². The molecule has 0 aliphatic rings. The molecule has 0 fully saturated rings. The Morgan fingerprint density at radius 2 is 1.74 bits per heavy atom. The van der Waals surface area contributed by atoms with Crippen molar-refractivity contribution >= 4 is 23.4 Å². The summed E-state index contributed by atoms with van der Waals surface area (Å²) in [5.74, 6) is -0.632. The second kappa shape index (κ2) is 8.05. The van der Waals surface area contributed by atoms with Crippen LogP contribution in [0.25, 0.3) is 16.9 Å². The Kier molecular flexibility index (Phi) is 5.57. The predicted molar refractivity (Wildman–Crippen MR) is 102 cm³/mol. The minimum atomic E-state index is -1.02. The molecule has 3 aromatic rings. The quantitative estimate of drug-likeness (QED) is 0.616. The normalized spacial score (nSPS) is 10.6. The van der Waals surface area contributed by atoms with E-state index in [4.69, 9.17) is 21.4 Å². The summed E-state index contributed by atoms with van der Waals surface area (Å²) in [6.45, 7) is 0. The highest BCUT2D eigenvalue weighted by molar-refractivity contribution is 6.30. The zero-order chi connectivity index (χ0) is 19.4. The van der Waals surface area contributed by atoms with Gasteiger partial charge in [0.2, 0.25) is 0 Å². The molecule has 0 saturated carbocycles. The minimum Gasteiger partial charge on any atom is -0.497 e. The number of hydrogen-bond donors (Lipinski definition) is 1. The van der Waals surface area contributed by atoms with Crippen LogP contribution in [0.15, 0.2) is 54.6 Å². The molecule has 0 amide bonds. The first-order valence-electron chi connectivity index (χ1n) is 8.23. The van der Waals surface area contributed by atoms with E-state index in [1.54, 1.807) is 42.1 Å². The second-order valence-electron chi connectivity index (χ2n) is 5.85. The van der Waals surface area contributed by atoms with E-state index in [-0.39, 0.29) is 24.3 Å². The van der Waals surface area contributed by atoms with Crippen molar-refractivity contribution in [3.8, 4) is 22.7 Å². The molecule has 1 N–H and O–H groups in total. The molecule has 6 nitrogen and oxygen atoms in total. The van der Waals surface area contributed by atoms with Gasteiger partial charge in [-0.05, 0) is 42.5 Å². The van der Waals surface area contributed by atoms with Crippen molar-refractivity contribution < 1.29 is 19.4 Å². The van der Waals surface area contributed by atoms with Crippen LogP contribution in [0.2, 0.25) is 5.02 Å².